The number of carboxylic acid groups (broad SMARTS) is 1. The number of hydrogen-bond donors (Lipinski definition) is 5. The van der Waals surface area contributed by atoms with Crippen molar-refractivity contribution in [1.29, 1.82) is 0 Å². The molecule has 0 bridgehead atoms. The molecular weight excluding hydrogens is 446 g/mol. The van der Waals surface area contributed by atoms with E-state index in [0.29, 0.717) is 36.6 Å². The summed E-state index contributed by atoms with van der Waals surface area (Å²) in [6.45, 7) is 8.54. The zero-order chi connectivity index (χ0) is 26.4. The zero-order valence-corrected chi connectivity index (χ0v) is 20.8. The van der Waals surface area contributed by atoms with Crippen molar-refractivity contribution in [2.75, 3.05) is 25.0 Å². The molecule has 0 aliphatic heterocycles. The van der Waals surface area contributed by atoms with E-state index in [1.54, 1.807) is 25.3 Å². The third-order valence-corrected chi connectivity index (χ3v) is 4.72. The van der Waals surface area contributed by atoms with Gasteiger partial charge in [0.25, 0.3) is 5.91 Å². The summed E-state index contributed by atoms with van der Waals surface area (Å²) < 4.78 is 0. The fraction of sp³-hybridized carbons (Fsp3) is 0.360. The topological polar surface area (TPSA) is 172 Å². The third-order valence-electron chi connectivity index (χ3n) is 4.72. The average molecular weight is 484 g/mol. The molecule has 0 saturated heterocycles. The Morgan fingerprint density at radius 3 is 2.43 bits per heavy atom. The summed E-state index contributed by atoms with van der Waals surface area (Å²) in [6, 6.07) is 7.10. The predicted molar refractivity (Wildman–Crippen MR) is 142 cm³/mol. The molecule has 1 amide bonds. The molecule has 0 aliphatic rings. The summed E-state index contributed by atoms with van der Waals surface area (Å²) in [5.41, 5.74) is 20.5. The molecule has 0 aromatic heterocycles. The molecule has 10 nitrogen and oxygen atoms in total. The lowest BCUT2D eigenvalue weighted by molar-refractivity contribution is -0.137. The number of carbonyl (C=O) groups excluding carboxylic acids is 1. The summed E-state index contributed by atoms with van der Waals surface area (Å²) in [7, 11) is 1.90. The number of anilines is 1. The second kappa shape index (κ2) is 14.9. The fourth-order valence-corrected chi connectivity index (χ4v) is 2.90. The quantitative estimate of drug-likeness (QED) is 0.117. The SMILES string of the molecule is C=C(C=NC(=C\CCC)/C(N)=C(N)\N=C(/C)N)CN(C)c1ccc(C(=O)NCCCC(=O)O)cc1. The van der Waals surface area contributed by atoms with Crippen LogP contribution >= 0.6 is 0 Å². The Hall–Kier alpha value is -4.08. The van der Waals surface area contributed by atoms with Crippen LogP contribution in [-0.4, -0.2) is 49.2 Å². The highest BCUT2D eigenvalue weighted by atomic mass is 16.4. The Bertz CT molecular complexity index is 1000. The molecular formula is C25H37N7O3. The van der Waals surface area contributed by atoms with Crippen molar-refractivity contribution in [3.05, 3.63) is 65.3 Å². The first-order chi connectivity index (χ1) is 16.5. The van der Waals surface area contributed by atoms with E-state index in [-0.39, 0.29) is 23.8 Å². The van der Waals surface area contributed by atoms with Crippen LogP contribution in [0.2, 0.25) is 0 Å². The smallest absolute Gasteiger partial charge is 0.303 e. The first-order valence-electron chi connectivity index (χ1n) is 11.3. The zero-order valence-electron chi connectivity index (χ0n) is 20.8. The van der Waals surface area contributed by atoms with Gasteiger partial charge in [0.15, 0.2) is 5.82 Å². The summed E-state index contributed by atoms with van der Waals surface area (Å²) in [5.74, 6) is -0.715. The number of nitrogens with zero attached hydrogens (tertiary/aromatic N) is 3. The number of aliphatic carboxylic acids is 1. The van der Waals surface area contributed by atoms with Crippen LogP contribution in [-0.2, 0) is 4.79 Å². The Balaban J connectivity index is 2.79. The molecule has 0 fully saturated rings. The standard InChI is InChI=1S/C25H37N7O3/c1-5-6-8-21(23(27)24(28)31-18(3)26)30-15-17(2)16-32(4)20-12-10-19(11-13-20)25(35)29-14-7-9-22(33)34/h8,10-13,15H,2,5-7,9,14,16,27-28H2,1,3-4H3,(H2,26,31)(H,29,35)(H,33,34)/b21-8-,24-23+,30-15?. The minimum absolute atomic E-state index is 0.0185. The van der Waals surface area contributed by atoms with E-state index in [2.05, 4.69) is 21.9 Å². The van der Waals surface area contributed by atoms with Crippen LogP contribution in [0.4, 0.5) is 5.69 Å². The summed E-state index contributed by atoms with van der Waals surface area (Å²) in [6.07, 6.45) is 5.63. The monoisotopic (exact) mass is 483 g/mol. The van der Waals surface area contributed by atoms with Crippen molar-refractivity contribution in [3.8, 4) is 0 Å². The lowest BCUT2D eigenvalue weighted by atomic mass is 10.1. The van der Waals surface area contributed by atoms with Crippen LogP contribution in [0.3, 0.4) is 0 Å². The van der Waals surface area contributed by atoms with Gasteiger partial charge in [0.05, 0.1) is 11.5 Å². The number of likely N-dealkylation sites (N-methyl/N-ethyl adjacent to an activating group) is 1. The van der Waals surface area contributed by atoms with Gasteiger partial charge in [0.2, 0.25) is 0 Å². The van der Waals surface area contributed by atoms with Gasteiger partial charge in [-0.25, -0.2) is 4.99 Å². The van der Waals surface area contributed by atoms with Gasteiger partial charge in [-0.2, -0.15) is 0 Å². The molecule has 0 atom stereocenters. The maximum absolute atomic E-state index is 12.2. The highest BCUT2D eigenvalue weighted by molar-refractivity contribution is 5.94. The van der Waals surface area contributed by atoms with Crippen molar-refractivity contribution in [1.82, 2.24) is 5.32 Å². The molecule has 0 heterocycles. The minimum atomic E-state index is -0.883. The normalized spacial score (nSPS) is 12.9. The van der Waals surface area contributed by atoms with Gasteiger partial charge in [0.1, 0.15) is 5.70 Å². The molecule has 1 rings (SSSR count). The first-order valence-corrected chi connectivity index (χ1v) is 11.3. The van der Waals surface area contributed by atoms with Gasteiger partial charge in [-0.1, -0.05) is 26.0 Å². The van der Waals surface area contributed by atoms with Crippen molar-refractivity contribution in [2.24, 2.45) is 27.2 Å². The number of benzene rings is 1. The molecule has 8 N–H and O–H groups in total. The summed E-state index contributed by atoms with van der Waals surface area (Å²) in [4.78, 5) is 33.2. The van der Waals surface area contributed by atoms with Crippen molar-refractivity contribution >= 4 is 29.6 Å². The number of carboxylic acids is 1. The third kappa shape index (κ3) is 11.1. The molecule has 0 unspecified atom stereocenters. The van der Waals surface area contributed by atoms with Gasteiger partial charge in [-0.15, -0.1) is 0 Å². The first kappa shape index (κ1) is 29.0. The van der Waals surface area contributed by atoms with Gasteiger partial charge in [-0.3, -0.25) is 14.6 Å². The largest absolute Gasteiger partial charge is 0.481 e. The molecule has 1 aromatic rings. The molecule has 0 saturated carbocycles. The molecule has 10 heteroatoms. The van der Waals surface area contributed by atoms with E-state index in [9.17, 15) is 9.59 Å². The van der Waals surface area contributed by atoms with E-state index in [1.807, 2.05) is 37.1 Å². The molecule has 0 radical (unpaired) electrons. The lowest BCUT2D eigenvalue weighted by Crippen LogP contribution is -2.25. The number of rotatable bonds is 14. The minimum Gasteiger partial charge on any atom is -0.481 e. The Labute approximate surface area is 207 Å². The van der Waals surface area contributed by atoms with Gasteiger partial charge >= 0.3 is 5.97 Å². The number of carbonyl (C=O) groups is 2. The number of allylic oxidation sites excluding steroid dienone is 1. The maximum atomic E-state index is 12.2. The van der Waals surface area contributed by atoms with Crippen LogP contribution < -0.4 is 27.4 Å². The number of amides is 1. The van der Waals surface area contributed by atoms with Gasteiger partial charge in [-0.05, 0) is 49.6 Å². The van der Waals surface area contributed by atoms with Crippen LogP contribution in [0, 0.1) is 0 Å². The predicted octanol–water partition coefficient (Wildman–Crippen LogP) is 2.49. The Morgan fingerprint density at radius 1 is 1.20 bits per heavy atom. The molecule has 190 valence electrons. The van der Waals surface area contributed by atoms with Crippen molar-refractivity contribution < 1.29 is 14.7 Å². The van der Waals surface area contributed by atoms with E-state index < -0.39 is 5.97 Å². The number of amidine groups is 1. The van der Waals surface area contributed by atoms with E-state index in [0.717, 1.165) is 24.1 Å². The Kier molecular flexibility index (Phi) is 12.4. The molecule has 35 heavy (non-hydrogen) atoms. The van der Waals surface area contributed by atoms with E-state index in [4.69, 9.17) is 22.3 Å². The summed E-state index contributed by atoms with van der Waals surface area (Å²) >= 11 is 0. The average Bonchev–Trinajstić information content (AvgIpc) is 2.80. The number of nitrogens with one attached hydrogen (secondary N) is 1. The number of unbranched alkanes of at least 4 members (excludes halogenated alkanes) is 1. The van der Waals surface area contributed by atoms with Crippen LogP contribution in [0.15, 0.2) is 69.7 Å². The lowest BCUT2D eigenvalue weighted by Gasteiger charge is -2.19. The fourth-order valence-electron chi connectivity index (χ4n) is 2.90. The van der Waals surface area contributed by atoms with Crippen LogP contribution in [0.25, 0.3) is 0 Å². The second-order valence-electron chi connectivity index (χ2n) is 8.00. The van der Waals surface area contributed by atoms with Crippen LogP contribution in [0.5, 0.6) is 0 Å². The second-order valence-corrected chi connectivity index (χ2v) is 8.00. The van der Waals surface area contributed by atoms with E-state index in [1.165, 1.54) is 0 Å². The van der Waals surface area contributed by atoms with Crippen molar-refractivity contribution in [3.63, 3.8) is 0 Å². The maximum Gasteiger partial charge on any atom is 0.303 e. The number of hydrogen-bond acceptors (Lipinski definition) is 7. The Morgan fingerprint density at radius 2 is 1.86 bits per heavy atom. The van der Waals surface area contributed by atoms with E-state index >= 15 is 0 Å². The molecule has 1 aromatic carbocycles. The highest BCUT2D eigenvalue weighted by Crippen LogP contribution is 2.16. The highest BCUT2D eigenvalue weighted by Gasteiger charge is 2.09. The summed E-state index contributed by atoms with van der Waals surface area (Å²) in [5, 5.41) is 11.4. The molecule has 0 spiro atoms. The van der Waals surface area contributed by atoms with Crippen molar-refractivity contribution in [2.45, 2.75) is 39.5 Å². The van der Waals surface area contributed by atoms with Gasteiger partial charge < -0.3 is 32.5 Å². The molecule has 0 aliphatic carbocycles. The number of nitrogens with two attached hydrogens (primary N) is 3. The van der Waals surface area contributed by atoms with Crippen LogP contribution in [0.1, 0.15) is 49.9 Å². The number of aliphatic imine (C=N–C) groups is 2. The van der Waals surface area contributed by atoms with Gasteiger partial charge in [0, 0.05) is 44.0 Å².